The summed E-state index contributed by atoms with van der Waals surface area (Å²) in [5.74, 6) is 0.477. The fourth-order valence-corrected chi connectivity index (χ4v) is 3.88. The summed E-state index contributed by atoms with van der Waals surface area (Å²) in [4.78, 5) is 14.7. The Balaban J connectivity index is 1.36. The molecule has 5 aromatic rings. The van der Waals surface area contributed by atoms with Crippen LogP contribution in [-0.2, 0) is 25.8 Å². The maximum absolute atomic E-state index is 12.9. The number of H-pyrrole nitrogens is 1. The van der Waals surface area contributed by atoms with Gasteiger partial charge in [0, 0.05) is 18.9 Å². The van der Waals surface area contributed by atoms with Crippen LogP contribution in [0.15, 0.2) is 67.0 Å². The zero-order valence-corrected chi connectivity index (χ0v) is 19.1. The summed E-state index contributed by atoms with van der Waals surface area (Å²) in [5, 5.41) is 3.03. The molecule has 0 radical (unpaired) electrons. The van der Waals surface area contributed by atoms with E-state index in [4.69, 9.17) is 0 Å². The highest BCUT2D eigenvalue weighted by Crippen LogP contribution is 2.31. The molecule has 0 saturated heterocycles. The number of anilines is 2. The Morgan fingerprint density at radius 2 is 1.59 bits per heavy atom. The van der Waals surface area contributed by atoms with E-state index in [2.05, 4.69) is 25.3 Å². The Hall–Kier alpha value is -4.35. The van der Waals surface area contributed by atoms with Gasteiger partial charge in [0.2, 0.25) is 5.95 Å². The van der Waals surface area contributed by atoms with Crippen molar-refractivity contribution in [1.29, 1.82) is 0 Å². The number of hydrogen-bond acceptors (Lipinski definition) is 4. The van der Waals surface area contributed by atoms with E-state index in [0.717, 1.165) is 35.0 Å². The summed E-state index contributed by atoms with van der Waals surface area (Å²) in [6.45, 7) is 0. The van der Waals surface area contributed by atoms with E-state index < -0.39 is 23.6 Å². The quantitative estimate of drug-likeness (QED) is 0.254. The molecule has 0 amide bonds. The normalized spacial score (nSPS) is 12.3. The maximum atomic E-state index is 12.9. The van der Waals surface area contributed by atoms with Gasteiger partial charge in [-0.3, -0.25) is 4.98 Å². The van der Waals surface area contributed by atoms with Crippen LogP contribution < -0.4 is 5.32 Å². The minimum absolute atomic E-state index is 0.0216. The average molecular weight is 516 g/mol. The van der Waals surface area contributed by atoms with Gasteiger partial charge in [0.25, 0.3) is 0 Å². The third-order valence-corrected chi connectivity index (χ3v) is 5.77. The second kappa shape index (κ2) is 8.95. The number of nitrogens with one attached hydrogen (secondary N) is 2. The second-order valence-electron chi connectivity index (χ2n) is 8.39. The molecule has 3 aromatic heterocycles. The molecule has 0 spiro atoms. The largest absolute Gasteiger partial charge is 0.432 e. The topological polar surface area (TPSA) is 71.4 Å². The van der Waals surface area contributed by atoms with Gasteiger partial charge >= 0.3 is 12.4 Å². The Bertz CT molecular complexity index is 1560. The van der Waals surface area contributed by atoms with Crippen molar-refractivity contribution in [2.45, 2.75) is 18.8 Å². The first-order chi connectivity index (χ1) is 17.5. The Morgan fingerprint density at radius 3 is 2.27 bits per heavy atom. The lowest BCUT2D eigenvalue weighted by Gasteiger charge is -2.09. The first-order valence-electron chi connectivity index (χ1n) is 10.9. The third-order valence-electron chi connectivity index (χ3n) is 5.77. The van der Waals surface area contributed by atoms with E-state index in [-0.39, 0.29) is 11.5 Å². The van der Waals surface area contributed by atoms with Gasteiger partial charge in [0.05, 0.1) is 22.8 Å². The van der Waals surface area contributed by atoms with Crippen molar-refractivity contribution in [3.8, 4) is 11.5 Å². The number of aryl methyl sites for hydroxylation is 1. The number of benzene rings is 2. The minimum Gasteiger partial charge on any atom is -0.333 e. The molecule has 0 saturated carbocycles. The summed E-state index contributed by atoms with van der Waals surface area (Å²) in [5.41, 5.74) is 2.26. The number of aromatic amines is 1. The van der Waals surface area contributed by atoms with E-state index in [1.54, 1.807) is 23.7 Å². The Kier molecular flexibility index (Phi) is 5.89. The number of imidazole rings is 2. The Morgan fingerprint density at radius 1 is 0.865 bits per heavy atom. The Labute approximate surface area is 206 Å². The van der Waals surface area contributed by atoms with Crippen LogP contribution in [0.3, 0.4) is 0 Å². The first-order valence-corrected chi connectivity index (χ1v) is 10.9. The molecule has 6 nitrogen and oxygen atoms in total. The van der Waals surface area contributed by atoms with Crippen LogP contribution in [0.4, 0.5) is 38.0 Å². The van der Waals surface area contributed by atoms with Crippen molar-refractivity contribution in [2.24, 2.45) is 7.05 Å². The van der Waals surface area contributed by atoms with Gasteiger partial charge in [-0.1, -0.05) is 6.07 Å². The van der Waals surface area contributed by atoms with E-state index >= 15 is 0 Å². The predicted molar refractivity (Wildman–Crippen MR) is 125 cm³/mol. The third kappa shape index (κ3) is 5.13. The number of nitrogens with zero attached hydrogens (tertiary/aromatic N) is 4. The molecular weight excluding hydrogens is 498 g/mol. The van der Waals surface area contributed by atoms with Crippen LogP contribution in [-0.4, -0.2) is 24.5 Å². The van der Waals surface area contributed by atoms with Crippen LogP contribution in [0.25, 0.3) is 22.6 Å². The van der Waals surface area contributed by atoms with Crippen LogP contribution in [0.2, 0.25) is 0 Å². The van der Waals surface area contributed by atoms with E-state index in [1.807, 2.05) is 18.2 Å². The molecule has 2 aromatic carbocycles. The smallest absolute Gasteiger partial charge is 0.333 e. The highest BCUT2D eigenvalue weighted by atomic mass is 19.4. The fraction of sp³-hybridized carbons (Fsp3) is 0.160. The molecule has 12 heteroatoms. The average Bonchev–Trinajstić information content (AvgIpc) is 3.45. The number of halogens is 6. The summed E-state index contributed by atoms with van der Waals surface area (Å²) in [6, 6.07) is 13.8. The van der Waals surface area contributed by atoms with Gasteiger partial charge < -0.3 is 14.9 Å². The molecule has 190 valence electrons. The fourth-order valence-electron chi connectivity index (χ4n) is 3.88. The van der Waals surface area contributed by atoms with Gasteiger partial charge in [-0.15, -0.1) is 0 Å². The van der Waals surface area contributed by atoms with Crippen LogP contribution >= 0.6 is 0 Å². The van der Waals surface area contributed by atoms with Gasteiger partial charge in [-0.05, 0) is 66.1 Å². The van der Waals surface area contributed by atoms with Crippen molar-refractivity contribution in [3.05, 3.63) is 89.4 Å². The van der Waals surface area contributed by atoms with Crippen molar-refractivity contribution in [2.75, 3.05) is 5.32 Å². The highest BCUT2D eigenvalue weighted by molar-refractivity contribution is 5.80. The number of pyridine rings is 1. The second-order valence-corrected chi connectivity index (χ2v) is 8.39. The zero-order chi connectivity index (χ0) is 26.4. The summed E-state index contributed by atoms with van der Waals surface area (Å²) < 4.78 is 78.9. The van der Waals surface area contributed by atoms with Gasteiger partial charge in [-0.2, -0.15) is 26.3 Å². The molecule has 0 bridgehead atoms. The number of aromatic nitrogens is 5. The van der Waals surface area contributed by atoms with Gasteiger partial charge in [0.1, 0.15) is 11.4 Å². The molecule has 0 aliphatic rings. The first kappa shape index (κ1) is 24.3. The predicted octanol–water partition coefficient (Wildman–Crippen LogP) is 6.73. The molecule has 37 heavy (non-hydrogen) atoms. The van der Waals surface area contributed by atoms with Crippen LogP contribution in [0, 0.1) is 0 Å². The monoisotopic (exact) mass is 516 g/mol. The molecular formula is C25H18F6N6. The molecule has 2 N–H and O–H groups in total. The standard InChI is InChI=1S/C25H18F6N6/c1-37-20-7-2-14(10-15-8-9-32-19(12-15)22-33-13-21(36-22)25(29,30)31)11-18(20)35-23(37)34-17-5-3-16(4-6-17)24(26,27)28/h2-9,11-13H,10H2,1H3,(H,33,36)(H,34,35). The zero-order valence-electron chi connectivity index (χ0n) is 19.1. The molecule has 0 aliphatic carbocycles. The number of hydrogen-bond donors (Lipinski definition) is 2. The minimum atomic E-state index is -4.53. The lowest BCUT2D eigenvalue weighted by atomic mass is 10.0. The van der Waals surface area contributed by atoms with Crippen molar-refractivity contribution >= 4 is 22.7 Å². The molecule has 0 atom stereocenters. The number of rotatable bonds is 5. The summed E-state index contributed by atoms with van der Waals surface area (Å²) >= 11 is 0. The summed E-state index contributed by atoms with van der Waals surface area (Å²) in [6.07, 6.45) is -6.23. The molecule has 0 aliphatic heterocycles. The molecule has 3 heterocycles. The summed E-state index contributed by atoms with van der Waals surface area (Å²) in [7, 11) is 1.79. The molecule has 0 unspecified atom stereocenters. The van der Waals surface area contributed by atoms with Crippen molar-refractivity contribution in [1.82, 2.24) is 24.5 Å². The van der Waals surface area contributed by atoms with Gasteiger partial charge in [-0.25, -0.2) is 9.97 Å². The van der Waals surface area contributed by atoms with Gasteiger partial charge in [0.15, 0.2) is 5.82 Å². The molecule has 5 rings (SSSR count). The molecule has 0 fully saturated rings. The van der Waals surface area contributed by atoms with E-state index in [1.165, 1.54) is 18.3 Å². The van der Waals surface area contributed by atoms with Crippen molar-refractivity contribution in [3.63, 3.8) is 0 Å². The highest BCUT2D eigenvalue weighted by Gasteiger charge is 2.33. The van der Waals surface area contributed by atoms with Crippen LogP contribution in [0.1, 0.15) is 22.4 Å². The maximum Gasteiger partial charge on any atom is 0.432 e. The number of alkyl halides is 6. The lowest BCUT2D eigenvalue weighted by Crippen LogP contribution is -2.05. The van der Waals surface area contributed by atoms with E-state index in [9.17, 15) is 26.3 Å². The van der Waals surface area contributed by atoms with Crippen LogP contribution in [0.5, 0.6) is 0 Å². The van der Waals surface area contributed by atoms with Crippen molar-refractivity contribution < 1.29 is 26.3 Å². The van der Waals surface area contributed by atoms with E-state index in [0.29, 0.717) is 23.6 Å². The lowest BCUT2D eigenvalue weighted by molar-refractivity contribution is -0.141. The number of fused-ring (bicyclic) bond motifs is 1. The SMILES string of the molecule is Cn1c(Nc2ccc(C(F)(F)F)cc2)nc2cc(Cc3ccnc(-c4ncc(C(F)(F)F)[nH]4)c3)ccc21.